The molecular formula is C14H26N2. The second-order valence-corrected chi connectivity index (χ2v) is 5.20. The lowest BCUT2D eigenvalue weighted by molar-refractivity contribution is 0.290. The SMILES string of the molecule is C1=CCN(CCCCCCNC2CC2)CC1. The lowest BCUT2D eigenvalue weighted by Gasteiger charge is -2.22. The molecule has 92 valence electrons. The molecule has 1 fully saturated rings. The fourth-order valence-corrected chi connectivity index (χ4v) is 2.30. The normalized spacial score (nSPS) is 21.5. The second kappa shape index (κ2) is 7.08. The maximum atomic E-state index is 3.58. The molecule has 2 aliphatic rings. The zero-order valence-corrected chi connectivity index (χ0v) is 10.5. The van der Waals surface area contributed by atoms with E-state index in [0.717, 1.165) is 6.04 Å². The summed E-state index contributed by atoms with van der Waals surface area (Å²) in [5.41, 5.74) is 0. The van der Waals surface area contributed by atoms with Gasteiger partial charge in [-0.25, -0.2) is 0 Å². The molecule has 0 atom stereocenters. The van der Waals surface area contributed by atoms with E-state index >= 15 is 0 Å². The zero-order chi connectivity index (χ0) is 11.1. The van der Waals surface area contributed by atoms with Crippen LogP contribution in [0.3, 0.4) is 0 Å². The van der Waals surface area contributed by atoms with Crippen molar-refractivity contribution in [1.82, 2.24) is 10.2 Å². The van der Waals surface area contributed by atoms with E-state index in [2.05, 4.69) is 22.4 Å². The van der Waals surface area contributed by atoms with Gasteiger partial charge in [0.1, 0.15) is 0 Å². The van der Waals surface area contributed by atoms with Crippen LogP contribution in [-0.4, -0.2) is 37.1 Å². The molecule has 0 radical (unpaired) electrons. The first-order valence-electron chi connectivity index (χ1n) is 7.06. The molecule has 2 rings (SSSR count). The highest BCUT2D eigenvalue weighted by Gasteiger charge is 2.19. The van der Waals surface area contributed by atoms with E-state index in [9.17, 15) is 0 Å². The van der Waals surface area contributed by atoms with E-state index in [1.165, 1.54) is 71.1 Å². The molecule has 0 unspecified atom stereocenters. The summed E-state index contributed by atoms with van der Waals surface area (Å²) >= 11 is 0. The fraction of sp³-hybridized carbons (Fsp3) is 0.857. The third-order valence-corrected chi connectivity index (χ3v) is 3.55. The Morgan fingerprint density at radius 3 is 2.69 bits per heavy atom. The van der Waals surface area contributed by atoms with E-state index in [-0.39, 0.29) is 0 Å². The number of rotatable bonds is 8. The van der Waals surface area contributed by atoms with Crippen molar-refractivity contribution >= 4 is 0 Å². The van der Waals surface area contributed by atoms with Crippen molar-refractivity contribution in [2.75, 3.05) is 26.2 Å². The molecular weight excluding hydrogens is 196 g/mol. The van der Waals surface area contributed by atoms with Crippen LogP contribution in [0.4, 0.5) is 0 Å². The third kappa shape index (κ3) is 5.13. The first kappa shape index (κ1) is 12.1. The van der Waals surface area contributed by atoms with Gasteiger partial charge < -0.3 is 5.32 Å². The Kier molecular flexibility index (Phi) is 5.36. The standard InChI is InChI=1S/C14H26N2/c1(4-10-15-14-8-9-14)2-5-11-16-12-6-3-7-13-16/h3,6,14-15H,1-2,4-5,7-13H2. The number of nitrogens with one attached hydrogen (secondary N) is 1. The highest BCUT2D eigenvalue weighted by molar-refractivity contribution is 4.90. The van der Waals surface area contributed by atoms with Crippen molar-refractivity contribution in [3.05, 3.63) is 12.2 Å². The Morgan fingerprint density at radius 1 is 1.06 bits per heavy atom. The lowest BCUT2D eigenvalue weighted by Crippen LogP contribution is -2.28. The molecule has 0 aromatic carbocycles. The minimum atomic E-state index is 0.889. The molecule has 1 heterocycles. The van der Waals surface area contributed by atoms with Crippen LogP contribution in [0.2, 0.25) is 0 Å². The minimum Gasteiger partial charge on any atom is -0.314 e. The zero-order valence-electron chi connectivity index (χ0n) is 10.5. The maximum Gasteiger partial charge on any atom is 0.0163 e. The smallest absolute Gasteiger partial charge is 0.0163 e. The van der Waals surface area contributed by atoms with E-state index in [1.54, 1.807) is 0 Å². The second-order valence-electron chi connectivity index (χ2n) is 5.20. The summed E-state index contributed by atoms with van der Waals surface area (Å²) in [5, 5.41) is 3.58. The highest BCUT2D eigenvalue weighted by Crippen LogP contribution is 2.18. The number of unbranched alkanes of at least 4 members (excludes halogenated alkanes) is 3. The average Bonchev–Trinajstić information content (AvgIpc) is 3.13. The largest absolute Gasteiger partial charge is 0.314 e. The Balaban J connectivity index is 1.35. The molecule has 0 bridgehead atoms. The van der Waals surface area contributed by atoms with Crippen molar-refractivity contribution in [3.8, 4) is 0 Å². The van der Waals surface area contributed by atoms with Crippen LogP contribution < -0.4 is 5.32 Å². The predicted molar refractivity (Wildman–Crippen MR) is 69.7 cm³/mol. The summed E-state index contributed by atoms with van der Waals surface area (Å²) in [5.74, 6) is 0. The van der Waals surface area contributed by atoms with Gasteiger partial charge >= 0.3 is 0 Å². The molecule has 1 aliphatic carbocycles. The Hall–Kier alpha value is -0.340. The van der Waals surface area contributed by atoms with E-state index < -0.39 is 0 Å². The van der Waals surface area contributed by atoms with Crippen LogP contribution in [0.1, 0.15) is 44.9 Å². The van der Waals surface area contributed by atoms with Crippen LogP contribution in [0.25, 0.3) is 0 Å². The maximum absolute atomic E-state index is 3.58. The molecule has 1 N–H and O–H groups in total. The van der Waals surface area contributed by atoms with Gasteiger partial charge in [0.05, 0.1) is 0 Å². The van der Waals surface area contributed by atoms with Crippen molar-refractivity contribution in [2.45, 2.75) is 51.0 Å². The fourth-order valence-electron chi connectivity index (χ4n) is 2.30. The number of nitrogens with zero attached hydrogens (tertiary/aromatic N) is 1. The molecule has 0 saturated heterocycles. The van der Waals surface area contributed by atoms with Crippen molar-refractivity contribution in [2.24, 2.45) is 0 Å². The molecule has 1 saturated carbocycles. The van der Waals surface area contributed by atoms with Gasteiger partial charge in [-0.3, -0.25) is 4.90 Å². The minimum absolute atomic E-state index is 0.889. The van der Waals surface area contributed by atoms with Gasteiger partial charge in [-0.05, 0) is 45.2 Å². The summed E-state index contributed by atoms with van der Waals surface area (Å²) in [6, 6.07) is 0.889. The van der Waals surface area contributed by atoms with Gasteiger partial charge in [-0.15, -0.1) is 0 Å². The van der Waals surface area contributed by atoms with Gasteiger partial charge in [0.2, 0.25) is 0 Å². The first-order valence-corrected chi connectivity index (χ1v) is 7.06. The molecule has 2 heteroatoms. The topological polar surface area (TPSA) is 15.3 Å². The Morgan fingerprint density at radius 2 is 1.94 bits per heavy atom. The summed E-state index contributed by atoms with van der Waals surface area (Å²) in [6.45, 7) is 5.01. The molecule has 0 aromatic rings. The Labute approximate surface area is 100 Å². The monoisotopic (exact) mass is 222 g/mol. The third-order valence-electron chi connectivity index (χ3n) is 3.55. The first-order chi connectivity index (χ1) is 7.95. The van der Waals surface area contributed by atoms with Crippen LogP contribution in [0.15, 0.2) is 12.2 Å². The molecule has 2 nitrogen and oxygen atoms in total. The van der Waals surface area contributed by atoms with Gasteiger partial charge in [0.25, 0.3) is 0 Å². The lowest BCUT2D eigenvalue weighted by atomic mass is 10.1. The molecule has 16 heavy (non-hydrogen) atoms. The van der Waals surface area contributed by atoms with E-state index in [0.29, 0.717) is 0 Å². The van der Waals surface area contributed by atoms with Crippen molar-refractivity contribution < 1.29 is 0 Å². The van der Waals surface area contributed by atoms with E-state index in [4.69, 9.17) is 0 Å². The molecule has 1 aliphatic heterocycles. The quantitative estimate of drug-likeness (QED) is 0.501. The average molecular weight is 222 g/mol. The van der Waals surface area contributed by atoms with Crippen molar-refractivity contribution in [1.29, 1.82) is 0 Å². The summed E-state index contributed by atoms with van der Waals surface area (Å²) in [7, 11) is 0. The van der Waals surface area contributed by atoms with Gasteiger partial charge in [-0.1, -0.05) is 25.0 Å². The van der Waals surface area contributed by atoms with Gasteiger partial charge in [0, 0.05) is 19.1 Å². The van der Waals surface area contributed by atoms with Crippen LogP contribution in [0, 0.1) is 0 Å². The Bertz CT molecular complexity index is 209. The number of hydrogen-bond donors (Lipinski definition) is 1. The molecule has 0 aromatic heterocycles. The summed E-state index contributed by atoms with van der Waals surface area (Å²) in [6.07, 6.45) is 14.3. The van der Waals surface area contributed by atoms with Gasteiger partial charge in [-0.2, -0.15) is 0 Å². The van der Waals surface area contributed by atoms with Gasteiger partial charge in [0.15, 0.2) is 0 Å². The molecule has 0 spiro atoms. The van der Waals surface area contributed by atoms with Crippen LogP contribution in [-0.2, 0) is 0 Å². The van der Waals surface area contributed by atoms with Crippen LogP contribution in [0.5, 0.6) is 0 Å². The molecule has 0 amide bonds. The van der Waals surface area contributed by atoms with Crippen LogP contribution >= 0.6 is 0 Å². The van der Waals surface area contributed by atoms with E-state index in [1.807, 2.05) is 0 Å². The highest BCUT2D eigenvalue weighted by atomic mass is 15.1. The predicted octanol–water partition coefficient (Wildman–Crippen LogP) is 2.56. The summed E-state index contributed by atoms with van der Waals surface area (Å²) < 4.78 is 0. The van der Waals surface area contributed by atoms with Crippen molar-refractivity contribution in [3.63, 3.8) is 0 Å². The number of hydrogen-bond acceptors (Lipinski definition) is 2. The summed E-state index contributed by atoms with van der Waals surface area (Å²) in [4.78, 5) is 2.57.